The number of ether oxygens (including phenoxy) is 1. The summed E-state index contributed by atoms with van der Waals surface area (Å²) in [5.74, 6) is -0.0812. The van der Waals surface area contributed by atoms with Crippen LogP contribution in [0.3, 0.4) is 0 Å². The van der Waals surface area contributed by atoms with Crippen molar-refractivity contribution in [2.24, 2.45) is 0 Å². The summed E-state index contributed by atoms with van der Waals surface area (Å²) < 4.78 is 6.28. The molecule has 1 amide bonds. The van der Waals surface area contributed by atoms with Gasteiger partial charge in [0.15, 0.2) is 10.9 Å². The van der Waals surface area contributed by atoms with Crippen LogP contribution in [0.15, 0.2) is 63.1 Å². The Hall–Kier alpha value is -2.91. The van der Waals surface area contributed by atoms with E-state index in [0.29, 0.717) is 5.69 Å². The van der Waals surface area contributed by atoms with Gasteiger partial charge in [-0.1, -0.05) is 17.8 Å². The monoisotopic (exact) mass is 401 g/mol. The molecule has 0 radical (unpaired) electrons. The minimum atomic E-state index is -0.514. The van der Waals surface area contributed by atoms with Crippen molar-refractivity contribution in [2.45, 2.75) is 16.2 Å². The van der Waals surface area contributed by atoms with Crippen LogP contribution >= 0.6 is 23.1 Å². The van der Waals surface area contributed by atoms with E-state index in [9.17, 15) is 14.9 Å². The van der Waals surface area contributed by atoms with Crippen molar-refractivity contribution >= 4 is 40.4 Å². The van der Waals surface area contributed by atoms with Crippen LogP contribution in [0.1, 0.15) is 5.69 Å². The topological polar surface area (TPSA) is 94.4 Å². The van der Waals surface area contributed by atoms with Crippen LogP contribution in [-0.2, 0) is 4.79 Å². The molecule has 27 heavy (non-hydrogen) atoms. The van der Waals surface area contributed by atoms with E-state index >= 15 is 0 Å². The first kappa shape index (κ1) is 18.9. The zero-order valence-corrected chi connectivity index (χ0v) is 15.9. The molecule has 3 aromatic rings. The maximum absolute atomic E-state index is 12.0. The van der Waals surface area contributed by atoms with Crippen LogP contribution in [0.4, 0.5) is 11.4 Å². The van der Waals surface area contributed by atoms with Gasteiger partial charge in [-0.05, 0) is 37.3 Å². The Morgan fingerprint density at radius 3 is 2.74 bits per heavy atom. The van der Waals surface area contributed by atoms with E-state index < -0.39 is 4.92 Å². The van der Waals surface area contributed by atoms with Crippen LogP contribution in [0.25, 0.3) is 0 Å². The molecule has 0 spiro atoms. The summed E-state index contributed by atoms with van der Waals surface area (Å²) in [6.07, 6.45) is 0. The highest BCUT2D eigenvalue weighted by Crippen LogP contribution is 2.30. The molecule has 0 aliphatic rings. The molecule has 0 aliphatic carbocycles. The Labute approximate surface area is 163 Å². The number of rotatable bonds is 7. The van der Waals surface area contributed by atoms with E-state index in [-0.39, 0.29) is 24.0 Å². The van der Waals surface area contributed by atoms with Gasteiger partial charge in [0, 0.05) is 27.7 Å². The highest BCUT2D eigenvalue weighted by molar-refractivity contribution is 8.01. The molecular weight excluding hydrogens is 386 g/mol. The van der Waals surface area contributed by atoms with Gasteiger partial charge in [0.25, 0.3) is 11.6 Å². The summed E-state index contributed by atoms with van der Waals surface area (Å²) in [6.45, 7) is 1.71. The van der Waals surface area contributed by atoms with Gasteiger partial charge in [0.1, 0.15) is 5.75 Å². The molecule has 3 rings (SSSR count). The molecule has 2 aromatic carbocycles. The van der Waals surface area contributed by atoms with Crippen molar-refractivity contribution in [3.63, 3.8) is 0 Å². The lowest BCUT2D eigenvalue weighted by Crippen LogP contribution is -2.20. The molecule has 0 bridgehead atoms. The highest BCUT2D eigenvalue weighted by atomic mass is 32.2. The SMILES string of the molecule is Cc1csc(Sc2ccc(NC(=O)COc3cccc([N+](=O)[O-])c3)cc2)n1. The van der Waals surface area contributed by atoms with Gasteiger partial charge in [-0.2, -0.15) is 0 Å². The van der Waals surface area contributed by atoms with Crippen molar-refractivity contribution in [1.29, 1.82) is 0 Å². The number of carbonyl (C=O) groups excluding carboxylic acids is 1. The van der Waals surface area contributed by atoms with Gasteiger partial charge in [-0.3, -0.25) is 14.9 Å². The molecule has 7 nitrogen and oxygen atoms in total. The molecule has 1 N–H and O–H groups in total. The van der Waals surface area contributed by atoms with E-state index in [2.05, 4.69) is 10.3 Å². The Morgan fingerprint density at radius 1 is 1.30 bits per heavy atom. The van der Waals surface area contributed by atoms with Crippen molar-refractivity contribution in [3.05, 3.63) is 69.7 Å². The molecule has 0 fully saturated rings. The van der Waals surface area contributed by atoms with Crippen molar-refractivity contribution in [2.75, 3.05) is 11.9 Å². The van der Waals surface area contributed by atoms with E-state index in [0.717, 1.165) is 14.9 Å². The largest absolute Gasteiger partial charge is 0.484 e. The smallest absolute Gasteiger partial charge is 0.273 e. The van der Waals surface area contributed by atoms with Crippen molar-refractivity contribution < 1.29 is 14.5 Å². The molecule has 0 atom stereocenters. The Balaban J connectivity index is 1.52. The highest BCUT2D eigenvalue weighted by Gasteiger charge is 2.09. The lowest BCUT2D eigenvalue weighted by atomic mass is 10.3. The molecule has 0 saturated heterocycles. The number of aryl methyl sites for hydroxylation is 1. The number of hydrogen-bond donors (Lipinski definition) is 1. The number of benzene rings is 2. The summed E-state index contributed by atoms with van der Waals surface area (Å²) in [5, 5.41) is 15.5. The molecular formula is C18H15N3O4S2. The number of aromatic nitrogens is 1. The number of nitrogens with one attached hydrogen (secondary N) is 1. The average molecular weight is 401 g/mol. The number of non-ortho nitro benzene ring substituents is 1. The zero-order valence-electron chi connectivity index (χ0n) is 14.2. The quantitative estimate of drug-likeness (QED) is 0.462. The van der Waals surface area contributed by atoms with Gasteiger partial charge < -0.3 is 10.1 Å². The maximum Gasteiger partial charge on any atom is 0.273 e. The number of nitro groups is 1. The number of nitro benzene ring substituents is 1. The standard InChI is InChI=1S/C18H15N3O4S2/c1-12-11-26-18(19-12)27-16-7-5-13(6-8-16)20-17(22)10-25-15-4-2-3-14(9-15)21(23)24/h2-9,11H,10H2,1H3,(H,20,22). The molecule has 0 unspecified atom stereocenters. The Kier molecular flexibility index (Phi) is 6.05. The predicted molar refractivity (Wildman–Crippen MR) is 105 cm³/mol. The first-order valence-electron chi connectivity index (χ1n) is 7.87. The second-order valence-corrected chi connectivity index (χ2v) is 7.65. The van der Waals surface area contributed by atoms with Crippen LogP contribution in [0.5, 0.6) is 5.75 Å². The fourth-order valence-corrected chi connectivity index (χ4v) is 3.93. The van der Waals surface area contributed by atoms with Crippen molar-refractivity contribution in [3.8, 4) is 5.75 Å². The molecule has 1 aromatic heterocycles. The summed E-state index contributed by atoms with van der Waals surface area (Å²) in [6, 6.07) is 13.1. The van der Waals surface area contributed by atoms with Crippen LogP contribution in [0.2, 0.25) is 0 Å². The van der Waals surface area contributed by atoms with Gasteiger partial charge in [0.2, 0.25) is 0 Å². The summed E-state index contributed by atoms with van der Waals surface area (Å²) in [4.78, 5) is 27.7. The molecule has 138 valence electrons. The third-order valence-electron chi connectivity index (χ3n) is 3.34. The third kappa shape index (κ3) is 5.53. The normalized spacial score (nSPS) is 10.4. The first-order valence-corrected chi connectivity index (χ1v) is 9.56. The third-order valence-corrected chi connectivity index (χ3v) is 5.40. The van der Waals surface area contributed by atoms with E-state index in [4.69, 9.17) is 4.74 Å². The van der Waals surface area contributed by atoms with Crippen molar-refractivity contribution in [1.82, 2.24) is 4.98 Å². The van der Waals surface area contributed by atoms with Crippen LogP contribution in [0, 0.1) is 17.0 Å². The minimum absolute atomic E-state index is 0.0866. The zero-order chi connectivity index (χ0) is 19.2. The average Bonchev–Trinajstić information content (AvgIpc) is 3.06. The molecule has 0 saturated carbocycles. The number of amides is 1. The van der Waals surface area contributed by atoms with Crippen LogP contribution < -0.4 is 10.1 Å². The number of carbonyl (C=O) groups is 1. The lowest BCUT2D eigenvalue weighted by molar-refractivity contribution is -0.384. The summed E-state index contributed by atoms with van der Waals surface area (Å²) >= 11 is 3.15. The minimum Gasteiger partial charge on any atom is -0.484 e. The fourth-order valence-electron chi connectivity index (χ4n) is 2.12. The molecule has 0 aliphatic heterocycles. The van der Waals surface area contributed by atoms with E-state index in [1.54, 1.807) is 41.3 Å². The first-order chi connectivity index (χ1) is 13.0. The Morgan fingerprint density at radius 2 is 2.07 bits per heavy atom. The van der Waals surface area contributed by atoms with E-state index in [1.165, 1.54) is 18.2 Å². The van der Waals surface area contributed by atoms with Crippen LogP contribution in [-0.4, -0.2) is 22.4 Å². The maximum atomic E-state index is 12.0. The second kappa shape index (κ2) is 8.65. The van der Waals surface area contributed by atoms with Gasteiger partial charge in [-0.25, -0.2) is 4.98 Å². The predicted octanol–water partition coefficient (Wildman–Crippen LogP) is 4.53. The Bertz CT molecular complexity index is 957. The lowest BCUT2D eigenvalue weighted by Gasteiger charge is -2.08. The fraction of sp³-hybridized carbons (Fsp3) is 0.111. The van der Waals surface area contributed by atoms with Gasteiger partial charge >= 0.3 is 0 Å². The number of nitrogens with zero attached hydrogens (tertiary/aromatic N) is 2. The second-order valence-electron chi connectivity index (χ2n) is 5.47. The number of hydrogen-bond acceptors (Lipinski definition) is 7. The van der Waals surface area contributed by atoms with Gasteiger partial charge in [-0.15, -0.1) is 11.3 Å². The van der Waals surface area contributed by atoms with Gasteiger partial charge in [0.05, 0.1) is 11.0 Å². The summed E-state index contributed by atoms with van der Waals surface area (Å²) in [7, 11) is 0. The number of anilines is 1. The number of thiazole rings is 1. The van der Waals surface area contributed by atoms with E-state index in [1.807, 2.05) is 24.4 Å². The summed E-state index contributed by atoms with van der Waals surface area (Å²) in [5.41, 5.74) is 1.55. The molecule has 9 heteroatoms. The molecule has 1 heterocycles.